The van der Waals surface area contributed by atoms with Crippen LogP contribution in [0.4, 0.5) is 0 Å². The van der Waals surface area contributed by atoms with Gasteiger partial charge in [-0.05, 0) is 30.4 Å². The van der Waals surface area contributed by atoms with Crippen LogP contribution in [0.25, 0.3) is 0 Å². The lowest BCUT2D eigenvalue weighted by Gasteiger charge is -2.22. The van der Waals surface area contributed by atoms with Gasteiger partial charge in [-0.15, -0.1) is 0 Å². The zero-order valence-corrected chi connectivity index (χ0v) is 11.6. The molecule has 2 heteroatoms. The molecule has 98 valence electrons. The Hall–Kier alpha value is -1.15. The Kier molecular flexibility index (Phi) is 3.86. The van der Waals surface area contributed by atoms with Crippen LogP contribution in [0.15, 0.2) is 24.3 Å². The van der Waals surface area contributed by atoms with Crippen LogP contribution in [0.5, 0.6) is 0 Å². The summed E-state index contributed by atoms with van der Waals surface area (Å²) in [6.07, 6.45) is 2.13. The van der Waals surface area contributed by atoms with Crippen molar-refractivity contribution in [2.45, 2.75) is 39.0 Å². The molecular formula is C16H23NO. The van der Waals surface area contributed by atoms with Crippen molar-refractivity contribution in [1.82, 2.24) is 5.32 Å². The van der Waals surface area contributed by atoms with Gasteiger partial charge in [0.25, 0.3) is 0 Å². The Morgan fingerprint density at radius 1 is 1.22 bits per heavy atom. The molecule has 1 atom stereocenters. The summed E-state index contributed by atoms with van der Waals surface area (Å²) in [7, 11) is 0. The number of benzene rings is 1. The zero-order chi connectivity index (χ0) is 13.2. The van der Waals surface area contributed by atoms with E-state index < -0.39 is 0 Å². The van der Waals surface area contributed by atoms with Gasteiger partial charge in [-0.3, -0.25) is 4.79 Å². The predicted molar refractivity (Wildman–Crippen MR) is 75.1 cm³/mol. The fourth-order valence-electron chi connectivity index (χ4n) is 2.45. The summed E-state index contributed by atoms with van der Waals surface area (Å²) in [5, 5.41) is 3.30. The van der Waals surface area contributed by atoms with Gasteiger partial charge in [0.2, 0.25) is 0 Å². The van der Waals surface area contributed by atoms with Gasteiger partial charge in [0.1, 0.15) is 0 Å². The molecule has 1 aromatic carbocycles. The van der Waals surface area contributed by atoms with Gasteiger partial charge in [0.05, 0.1) is 0 Å². The summed E-state index contributed by atoms with van der Waals surface area (Å²) in [6.45, 7) is 8.45. The molecule has 1 unspecified atom stereocenters. The van der Waals surface area contributed by atoms with Crippen LogP contribution >= 0.6 is 0 Å². The molecule has 0 aliphatic carbocycles. The molecule has 1 fully saturated rings. The normalized spacial score (nSPS) is 20.7. The van der Waals surface area contributed by atoms with Gasteiger partial charge in [0.15, 0.2) is 5.78 Å². The maximum atomic E-state index is 12.3. The van der Waals surface area contributed by atoms with E-state index in [9.17, 15) is 4.79 Å². The summed E-state index contributed by atoms with van der Waals surface area (Å²) >= 11 is 0. The molecule has 0 spiro atoms. The number of hydrogen-bond donors (Lipinski definition) is 1. The van der Waals surface area contributed by atoms with E-state index in [1.54, 1.807) is 0 Å². The first kappa shape index (κ1) is 13.3. The third-order valence-corrected chi connectivity index (χ3v) is 3.70. The highest BCUT2D eigenvalue weighted by atomic mass is 16.1. The first-order chi connectivity index (χ1) is 8.48. The molecule has 2 nitrogen and oxygen atoms in total. The number of Topliss-reactive ketones (excluding diaryl/α,β-unsaturated/α-hetero) is 1. The van der Waals surface area contributed by atoms with Crippen LogP contribution in [0, 0.1) is 5.92 Å². The van der Waals surface area contributed by atoms with Gasteiger partial charge >= 0.3 is 0 Å². The smallest absolute Gasteiger partial charge is 0.167 e. The fraction of sp³-hybridized carbons (Fsp3) is 0.562. The lowest BCUT2D eigenvalue weighted by atomic mass is 9.85. The minimum atomic E-state index is 0.147. The van der Waals surface area contributed by atoms with Crippen LogP contribution in [0.3, 0.4) is 0 Å². The average molecular weight is 245 g/mol. The van der Waals surface area contributed by atoms with Crippen molar-refractivity contribution in [3.8, 4) is 0 Å². The third kappa shape index (κ3) is 2.99. The van der Waals surface area contributed by atoms with E-state index in [4.69, 9.17) is 0 Å². The van der Waals surface area contributed by atoms with Crippen LogP contribution < -0.4 is 5.32 Å². The van der Waals surface area contributed by atoms with Crippen LogP contribution in [-0.2, 0) is 5.41 Å². The molecule has 0 aromatic heterocycles. The SMILES string of the molecule is CC(C)(C)c1ccc(C(=O)C2CCCNC2)cc1. The number of piperidine rings is 1. The molecule has 1 aromatic rings. The molecule has 1 heterocycles. The number of rotatable bonds is 2. The highest BCUT2D eigenvalue weighted by Crippen LogP contribution is 2.23. The number of ketones is 1. The third-order valence-electron chi connectivity index (χ3n) is 3.70. The molecule has 0 radical (unpaired) electrons. The van der Waals surface area contributed by atoms with E-state index in [1.807, 2.05) is 12.1 Å². The van der Waals surface area contributed by atoms with E-state index in [0.717, 1.165) is 31.5 Å². The van der Waals surface area contributed by atoms with Crippen LogP contribution in [-0.4, -0.2) is 18.9 Å². The minimum Gasteiger partial charge on any atom is -0.316 e. The summed E-state index contributed by atoms with van der Waals surface area (Å²) < 4.78 is 0. The minimum absolute atomic E-state index is 0.147. The molecule has 1 aliphatic heterocycles. The molecule has 18 heavy (non-hydrogen) atoms. The zero-order valence-electron chi connectivity index (χ0n) is 11.6. The standard InChI is InChI=1S/C16H23NO/c1-16(2,3)14-8-6-12(7-9-14)15(18)13-5-4-10-17-11-13/h6-9,13,17H,4-5,10-11H2,1-3H3. The topological polar surface area (TPSA) is 29.1 Å². The second-order valence-electron chi connectivity index (χ2n) is 6.23. The highest BCUT2D eigenvalue weighted by molar-refractivity contribution is 5.98. The quantitative estimate of drug-likeness (QED) is 0.811. The lowest BCUT2D eigenvalue weighted by Crippen LogP contribution is -2.34. The molecule has 2 rings (SSSR count). The average Bonchev–Trinajstić information content (AvgIpc) is 2.38. The van der Waals surface area contributed by atoms with E-state index in [1.165, 1.54) is 5.56 Å². The highest BCUT2D eigenvalue weighted by Gasteiger charge is 2.22. The second-order valence-corrected chi connectivity index (χ2v) is 6.23. The number of carbonyl (C=O) groups excluding carboxylic acids is 1. The van der Waals surface area contributed by atoms with Crippen LogP contribution in [0.2, 0.25) is 0 Å². The van der Waals surface area contributed by atoms with E-state index in [0.29, 0.717) is 5.78 Å². The number of hydrogen-bond acceptors (Lipinski definition) is 2. The fourth-order valence-corrected chi connectivity index (χ4v) is 2.45. The Labute approximate surface area is 110 Å². The molecular weight excluding hydrogens is 222 g/mol. The molecule has 1 saturated heterocycles. The van der Waals surface area contributed by atoms with Gasteiger partial charge in [-0.25, -0.2) is 0 Å². The molecule has 0 amide bonds. The van der Waals surface area contributed by atoms with Gasteiger partial charge < -0.3 is 5.32 Å². The summed E-state index contributed by atoms with van der Waals surface area (Å²) in [5.41, 5.74) is 2.28. The Morgan fingerprint density at radius 3 is 2.39 bits per heavy atom. The van der Waals surface area contributed by atoms with Crippen molar-refractivity contribution >= 4 is 5.78 Å². The van der Waals surface area contributed by atoms with Crippen molar-refractivity contribution in [3.05, 3.63) is 35.4 Å². The van der Waals surface area contributed by atoms with Crippen molar-refractivity contribution in [2.24, 2.45) is 5.92 Å². The summed E-state index contributed by atoms with van der Waals surface area (Å²) in [4.78, 5) is 12.3. The largest absolute Gasteiger partial charge is 0.316 e. The van der Waals surface area contributed by atoms with Crippen molar-refractivity contribution in [2.75, 3.05) is 13.1 Å². The van der Waals surface area contributed by atoms with E-state index in [-0.39, 0.29) is 11.3 Å². The van der Waals surface area contributed by atoms with Crippen molar-refractivity contribution in [3.63, 3.8) is 0 Å². The summed E-state index contributed by atoms with van der Waals surface area (Å²) in [5.74, 6) is 0.460. The van der Waals surface area contributed by atoms with Crippen LogP contribution in [0.1, 0.15) is 49.5 Å². The molecule has 0 bridgehead atoms. The predicted octanol–water partition coefficient (Wildman–Crippen LogP) is 3.17. The van der Waals surface area contributed by atoms with Gasteiger partial charge in [-0.2, -0.15) is 0 Å². The number of nitrogens with one attached hydrogen (secondary N) is 1. The van der Waals surface area contributed by atoms with Gasteiger partial charge in [-0.1, -0.05) is 45.0 Å². The molecule has 0 saturated carbocycles. The lowest BCUT2D eigenvalue weighted by molar-refractivity contribution is 0.0899. The van der Waals surface area contributed by atoms with Crippen molar-refractivity contribution in [1.29, 1.82) is 0 Å². The first-order valence-corrected chi connectivity index (χ1v) is 6.84. The maximum absolute atomic E-state index is 12.3. The van der Waals surface area contributed by atoms with E-state index >= 15 is 0 Å². The number of carbonyl (C=O) groups is 1. The van der Waals surface area contributed by atoms with Crippen molar-refractivity contribution < 1.29 is 4.79 Å². The Bertz CT molecular complexity index is 408. The monoisotopic (exact) mass is 245 g/mol. The maximum Gasteiger partial charge on any atom is 0.167 e. The molecule has 1 aliphatic rings. The van der Waals surface area contributed by atoms with Gasteiger partial charge in [0, 0.05) is 18.0 Å². The first-order valence-electron chi connectivity index (χ1n) is 6.84. The Morgan fingerprint density at radius 2 is 1.89 bits per heavy atom. The Balaban J connectivity index is 2.11. The summed E-state index contributed by atoms with van der Waals surface area (Å²) in [6, 6.07) is 8.14. The van der Waals surface area contributed by atoms with E-state index in [2.05, 4.69) is 38.2 Å². The second kappa shape index (κ2) is 5.23. The molecule has 1 N–H and O–H groups in total.